The van der Waals surface area contributed by atoms with E-state index >= 15 is 0 Å². The second kappa shape index (κ2) is 5.21. The van der Waals surface area contributed by atoms with E-state index in [9.17, 15) is 17.2 Å². The number of piperazine rings is 1. The van der Waals surface area contributed by atoms with Gasteiger partial charge in [0.05, 0.1) is 6.07 Å². The number of nitrogens with zero attached hydrogens (tertiary/aromatic N) is 2. The summed E-state index contributed by atoms with van der Waals surface area (Å²) in [5.74, 6) is -2.31. The number of halogens is 2. The van der Waals surface area contributed by atoms with E-state index in [4.69, 9.17) is 5.26 Å². The van der Waals surface area contributed by atoms with Crippen molar-refractivity contribution in [3.63, 3.8) is 0 Å². The van der Waals surface area contributed by atoms with E-state index in [0.717, 1.165) is 22.5 Å². The quantitative estimate of drug-likeness (QED) is 0.857. The molecular formula is C11H11F2N3O2S. The maximum atomic E-state index is 13.6. The standard InChI is InChI=1S/C11H11F2N3O2S/c12-9-2-1-3-10(13)11(9)19(17,18)16-5-4-15-7-8(16)6-14/h1-3,8,15H,4-5,7H2. The highest BCUT2D eigenvalue weighted by Gasteiger charge is 2.37. The highest BCUT2D eigenvalue weighted by Crippen LogP contribution is 2.24. The summed E-state index contributed by atoms with van der Waals surface area (Å²) in [5, 5.41) is 11.8. The molecule has 102 valence electrons. The van der Waals surface area contributed by atoms with Crippen LogP contribution in [0.3, 0.4) is 0 Å². The third kappa shape index (κ3) is 2.45. The molecule has 1 unspecified atom stereocenters. The van der Waals surface area contributed by atoms with Crippen molar-refractivity contribution >= 4 is 10.0 Å². The number of nitrogens with one attached hydrogen (secondary N) is 1. The van der Waals surface area contributed by atoms with Crippen molar-refractivity contribution in [1.82, 2.24) is 9.62 Å². The molecule has 1 aromatic rings. The number of benzene rings is 1. The Labute approximate surface area is 109 Å². The Balaban J connectivity index is 2.51. The Hall–Kier alpha value is -1.56. The van der Waals surface area contributed by atoms with Gasteiger partial charge in [-0.15, -0.1) is 0 Å². The Kier molecular flexibility index (Phi) is 3.80. The minimum atomic E-state index is -4.36. The molecule has 1 heterocycles. The fourth-order valence-corrected chi connectivity index (χ4v) is 3.58. The summed E-state index contributed by atoms with van der Waals surface area (Å²) in [6, 6.07) is 3.67. The van der Waals surface area contributed by atoms with Gasteiger partial charge in [-0.1, -0.05) is 6.07 Å². The number of hydrogen-bond donors (Lipinski definition) is 1. The Morgan fingerprint density at radius 2 is 2.00 bits per heavy atom. The number of rotatable bonds is 2. The number of nitriles is 1. The first-order valence-electron chi connectivity index (χ1n) is 5.54. The summed E-state index contributed by atoms with van der Waals surface area (Å²) >= 11 is 0. The van der Waals surface area contributed by atoms with E-state index in [-0.39, 0.29) is 13.1 Å². The molecular weight excluding hydrogens is 276 g/mol. The van der Waals surface area contributed by atoms with Gasteiger partial charge < -0.3 is 5.32 Å². The second-order valence-corrected chi connectivity index (χ2v) is 5.84. The Morgan fingerprint density at radius 1 is 1.37 bits per heavy atom. The zero-order valence-electron chi connectivity index (χ0n) is 9.81. The summed E-state index contributed by atoms with van der Waals surface area (Å²) in [4.78, 5) is -1.00. The van der Waals surface area contributed by atoms with E-state index in [1.807, 2.05) is 6.07 Å². The van der Waals surface area contributed by atoms with Crippen LogP contribution in [-0.2, 0) is 10.0 Å². The highest BCUT2D eigenvalue weighted by atomic mass is 32.2. The van der Waals surface area contributed by atoms with Crippen molar-refractivity contribution in [3.8, 4) is 6.07 Å². The zero-order chi connectivity index (χ0) is 14.0. The van der Waals surface area contributed by atoms with Crippen LogP contribution < -0.4 is 5.32 Å². The highest BCUT2D eigenvalue weighted by molar-refractivity contribution is 7.89. The molecule has 0 aromatic heterocycles. The summed E-state index contributed by atoms with van der Waals surface area (Å²) < 4.78 is 52.5. The van der Waals surface area contributed by atoms with E-state index in [1.54, 1.807) is 0 Å². The molecule has 0 saturated carbocycles. The molecule has 1 aliphatic heterocycles. The van der Waals surface area contributed by atoms with Gasteiger partial charge in [0.15, 0.2) is 4.90 Å². The van der Waals surface area contributed by atoms with Gasteiger partial charge in [0, 0.05) is 19.6 Å². The maximum Gasteiger partial charge on any atom is 0.250 e. The maximum absolute atomic E-state index is 13.6. The molecule has 1 aliphatic rings. The van der Waals surface area contributed by atoms with E-state index in [2.05, 4.69) is 5.32 Å². The van der Waals surface area contributed by atoms with Crippen molar-refractivity contribution in [3.05, 3.63) is 29.8 Å². The predicted octanol–water partition coefficient (Wildman–Crippen LogP) is 0.451. The lowest BCUT2D eigenvalue weighted by Gasteiger charge is -2.31. The van der Waals surface area contributed by atoms with E-state index in [0.29, 0.717) is 6.54 Å². The summed E-state index contributed by atoms with van der Waals surface area (Å²) in [5.41, 5.74) is 0. The predicted molar refractivity (Wildman–Crippen MR) is 62.5 cm³/mol. The topological polar surface area (TPSA) is 73.2 Å². The number of sulfonamides is 1. The van der Waals surface area contributed by atoms with Gasteiger partial charge in [-0.3, -0.25) is 0 Å². The molecule has 0 radical (unpaired) electrons. The van der Waals surface area contributed by atoms with Gasteiger partial charge in [-0.05, 0) is 12.1 Å². The molecule has 2 rings (SSSR count). The third-order valence-corrected chi connectivity index (χ3v) is 4.79. The fraction of sp³-hybridized carbons (Fsp3) is 0.364. The van der Waals surface area contributed by atoms with Gasteiger partial charge in [-0.2, -0.15) is 9.57 Å². The van der Waals surface area contributed by atoms with Crippen LogP contribution in [0, 0.1) is 23.0 Å². The van der Waals surface area contributed by atoms with Crippen molar-refractivity contribution in [2.75, 3.05) is 19.6 Å². The van der Waals surface area contributed by atoms with Crippen molar-refractivity contribution in [2.24, 2.45) is 0 Å². The fourth-order valence-electron chi connectivity index (χ4n) is 1.93. The van der Waals surface area contributed by atoms with Crippen LogP contribution in [-0.4, -0.2) is 38.4 Å². The monoisotopic (exact) mass is 287 g/mol. The van der Waals surface area contributed by atoms with Crippen LogP contribution in [0.25, 0.3) is 0 Å². The lowest BCUT2D eigenvalue weighted by molar-refractivity contribution is 0.309. The largest absolute Gasteiger partial charge is 0.313 e. The lowest BCUT2D eigenvalue weighted by Crippen LogP contribution is -2.53. The van der Waals surface area contributed by atoms with Crippen molar-refractivity contribution in [2.45, 2.75) is 10.9 Å². The van der Waals surface area contributed by atoms with E-state index < -0.39 is 32.6 Å². The molecule has 0 bridgehead atoms. The molecule has 19 heavy (non-hydrogen) atoms. The lowest BCUT2D eigenvalue weighted by atomic mass is 10.3. The normalized spacial score (nSPS) is 21.0. The molecule has 8 heteroatoms. The first-order chi connectivity index (χ1) is 8.98. The molecule has 1 N–H and O–H groups in total. The first kappa shape index (κ1) is 13.9. The second-order valence-electron chi connectivity index (χ2n) is 4.02. The van der Waals surface area contributed by atoms with Crippen LogP contribution in [0.2, 0.25) is 0 Å². The molecule has 1 fully saturated rings. The van der Waals surface area contributed by atoms with Gasteiger partial charge in [-0.25, -0.2) is 17.2 Å². The van der Waals surface area contributed by atoms with Gasteiger partial charge in [0.25, 0.3) is 0 Å². The van der Waals surface area contributed by atoms with Crippen LogP contribution in [0.5, 0.6) is 0 Å². The summed E-state index contributed by atoms with van der Waals surface area (Å²) in [7, 11) is -4.36. The molecule has 5 nitrogen and oxygen atoms in total. The number of hydrogen-bond acceptors (Lipinski definition) is 4. The Bertz CT molecular complexity index is 607. The van der Waals surface area contributed by atoms with Crippen molar-refractivity contribution < 1.29 is 17.2 Å². The van der Waals surface area contributed by atoms with Crippen LogP contribution >= 0.6 is 0 Å². The first-order valence-corrected chi connectivity index (χ1v) is 6.98. The molecule has 0 aliphatic carbocycles. The molecule has 1 saturated heterocycles. The van der Waals surface area contributed by atoms with Crippen LogP contribution in [0.15, 0.2) is 23.1 Å². The van der Waals surface area contributed by atoms with E-state index in [1.165, 1.54) is 0 Å². The molecule has 1 aromatic carbocycles. The average molecular weight is 287 g/mol. The summed E-state index contributed by atoms with van der Waals surface area (Å²) in [6.07, 6.45) is 0. The van der Waals surface area contributed by atoms with Gasteiger partial charge in [0.2, 0.25) is 10.0 Å². The Morgan fingerprint density at radius 3 is 2.58 bits per heavy atom. The smallest absolute Gasteiger partial charge is 0.250 e. The minimum absolute atomic E-state index is 0.00562. The molecule has 0 spiro atoms. The van der Waals surface area contributed by atoms with Crippen LogP contribution in [0.4, 0.5) is 8.78 Å². The van der Waals surface area contributed by atoms with Crippen LogP contribution in [0.1, 0.15) is 0 Å². The minimum Gasteiger partial charge on any atom is -0.313 e. The summed E-state index contributed by atoms with van der Waals surface area (Å²) in [6.45, 7) is 0.452. The zero-order valence-corrected chi connectivity index (χ0v) is 10.6. The average Bonchev–Trinajstić information content (AvgIpc) is 2.38. The third-order valence-electron chi connectivity index (χ3n) is 2.83. The molecule has 0 amide bonds. The molecule has 1 atom stereocenters. The van der Waals surface area contributed by atoms with Gasteiger partial charge in [0.1, 0.15) is 17.7 Å². The van der Waals surface area contributed by atoms with Crippen molar-refractivity contribution in [1.29, 1.82) is 5.26 Å². The SMILES string of the molecule is N#CC1CNCCN1S(=O)(=O)c1c(F)cccc1F. The van der Waals surface area contributed by atoms with Gasteiger partial charge >= 0.3 is 0 Å².